The third kappa shape index (κ3) is 3.77. The minimum absolute atomic E-state index is 0.0385. The van der Waals surface area contributed by atoms with E-state index in [2.05, 4.69) is 5.32 Å². The summed E-state index contributed by atoms with van der Waals surface area (Å²) in [6.07, 6.45) is 2.67. The van der Waals surface area contributed by atoms with E-state index in [0.29, 0.717) is 24.8 Å². The molecule has 1 aliphatic rings. The molecule has 1 aromatic heterocycles. The van der Waals surface area contributed by atoms with Gasteiger partial charge in [-0.2, -0.15) is 0 Å². The Morgan fingerprint density at radius 3 is 2.81 bits per heavy atom. The Morgan fingerprint density at radius 1 is 1.27 bits per heavy atom. The summed E-state index contributed by atoms with van der Waals surface area (Å²) in [5.41, 5.74) is -1.43. The normalized spacial score (nSPS) is 20.2. The molecule has 26 heavy (non-hydrogen) atoms. The van der Waals surface area contributed by atoms with E-state index in [1.807, 2.05) is 18.2 Å². The zero-order chi connectivity index (χ0) is 18.7. The van der Waals surface area contributed by atoms with Crippen molar-refractivity contribution in [3.63, 3.8) is 0 Å². The van der Waals surface area contributed by atoms with E-state index >= 15 is 0 Å². The Morgan fingerprint density at radius 2 is 2.04 bits per heavy atom. The molecule has 0 spiro atoms. The van der Waals surface area contributed by atoms with Crippen molar-refractivity contribution in [1.82, 2.24) is 14.8 Å². The third-order valence-electron chi connectivity index (χ3n) is 4.87. The first-order chi connectivity index (χ1) is 12.4. The zero-order valence-corrected chi connectivity index (χ0v) is 14.8. The summed E-state index contributed by atoms with van der Waals surface area (Å²) in [4.78, 5) is 38.3. The van der Waals surface area contributed by atoms with Crippen LogP contribution in [-0.4, -0.2) is 52.1 Å². The smallest absolute Gasteiger partial charge is 0.258 e. The van der Waals surface area contributed by atoms with Crippen LogP contribution in [0.1, 0.15) is 19.3 Å². The molecule has 0 radical (unpaired) electrons. The number of amides is 2. The predicted molar refractivity (Wildman–Crippen MR) is 97.7 cm³/mol. The number of pyridine rings is 1. The molecule has 7 heteroatoms. The van der Waals surface area contributed by atoms with Crippen molar-refractivity contribution in [2.45, 2.75) is 31.4 Å². The molecular weight excluding hydrogens is 334 g/mol. The number of piperidine rings is 1. The van der Waals surface area contributed by atoms with Crippen LogP contribution in [0.25, 0.3) is 10.8 Å². The van der Waals surface area contributed by atoms with Gasteiger partial charge in [-0.15, -0.1) is 0 Å². The van der Waals surface area contributed by atoms with Gasteiger partial charge in [0.05, 0.1) is 12.0 Å². The lowest BCUT2D eigenvalue weighted by molar-refractivity contribution is -0.142. The highest BCUT2D eigenvalue weighted by molar-refractivity contribution is 5.82. The zero-order valence-electron chi connectivity index (χ0n) is 14.8. The van der Waals surface area contributed by atoms with Crippen LogP contribution in [0.4, 0.5) is 0 Å². The number of hydrogen-bond donors (Lipinski definition) is 2. The maximum Gasteiger partial charge on any atom is 0.258 e. The van der Waals surface area contributed by atoms with Crippen LogP contribution in [-0.2, 0) is 16.1 Å². The van der Waals surface area contributed by atoms with Gasteiger partial charge < -0.3 is 19.9 Å². The molecule has 1 atom stereocenters. The highest BCUT2D eigenvalue weighted by atomic mass is 16.3. The van der Waals surface area contributed by atoms with Crippen LogP contribution in [0.5, 0.6) is 0 Å². The number of carbonyl (C=O) groups is 2. The van der Waals surface area contributed by atoms with Crippen molar-refractivity contribution >= 4 is 22.6 Å². The fourth-order valence-electron chi connectivity index (χ4n) is 3.46. The molecule has 7 nitrogen and oxygen atoms in total. The lowest BCUT2D eigenvalue weighted by Crippen LogP contribution is -2.53. The molecule has 1 saturated heterocycles. The maximum atomic E-state index is 12.7. The van der Waals surface area contributed by atoms with Crippen LogP contribution in [0.15, 0.2) is 41.3 Å². The third-order valence-corrected chi connectivity index (χ3v) is 4.87. The summed E-state index contributed by atoms with van der Waals surface area (Å²) >= 11 is 0. The summed E-state index contributed by atoms with van der Waals surface area (Å²) in [6.45, 7) is 0.526. The number of nitrogens with one attached hydrogen (secondary N) is 1. The maximum absolute atomic E-state index is 12.7. The number of nitrogens with zero attached hydrogens (tertiary/aromatic N) is 2. The molecule has 1 fully saturated rings. The molecule has 138 valence electrons. The second-order valence-electron chi connectivity index (χ2n) is 6.83. The van der Waals surface area contributed by atoms with E-state index < -0.39 is 5.60 Å². The molecule has 0 aliphatic carbocycles. The standard InChI is InChI=1S/C19H23N3O4/c1-20-16(23)11-19(26)8-4-9-22(13-19)17(24)12-21-10-7-14-5-2-3-6-15(14)18(21)25/h2-3,5-7,10,26H,4,8-9,11-13H2,1H3,(H,20,23). The highest BCUT2D eigenvalue weighted by Gasteiger charge is 2.36. The molecule has 1 aromatic carbocycles. The predicted octanol–water partition coefficient (Wildman–Crippen LogP) is 0.491. The van der Waals surface area contributed by atoms with Gasteiger partial charge in [-0.1, -0.05) is 18.2 Å². The number of hydrogen-bond acceptors (Lipinski definition) is 4. The second kappa shape index (κ2) is 7.29. The number of aromatic nitrogens is 1. The van der Waals surface area contributed by atoms with Gasteiger partial charge >= 0.3 is 0 Å². The van der Waals surface area contributed by atoms with E-state index in [4.69, 9.17) is 0 Å². The monoisotopic (exact) mass is 357 g/mol. The fourth-order valence-corrected chi connectivity index (χ4v) is 3.46. The molecule has 3 rings (SSSR count). The molecular formula is C19H23N3O4. The van der Waals surface area contributed by atoms with Gasteiger partial charge in [-0.3, -0.25) is 14.4 Å². The highest BCUT2D eigenvalue weighted by Crippen LogP contribution is 2.24. The number of carbonyl (C=O) groups excluding carboxylic acids is 2. The van der Waals surface area contributed by atoms with E-state index in [-0.39, 0.29) is 36.9 Å². The second-order valence-corrected chi connectivity index (χ2v) is 6.83. The first-order valence-electron chi connectivity index (χ1n) is 8.71. The van der Waals surface area contributed by atoms with Gasteiger partial charge in [0, 0.05) is 31.7 Å². The topological polar surface area (TPSA) is 91.6 Å². The van der Waals surface area contributed by atoms with Crippen molar-refractivity contribution < 1.29 is 14.7 Å². The van der Waals surface area contributed by atoms with Crippen molar-refractivity contribution in [1.29, 1.82) is 0 Å². The first kappa shape index (κ1) is 18.1. The van der Waals surface area contributed by atoms with Crippen LogP contribution in [0.3, 0.4) is 0 Å². The lowest BCUT2D eigenvalue weighted by Gasteiger charge is -2.39. The summed E-state index contributed by atoms with van der Waals surface area (Å²) in [7, 11) is 1.52. The van der Waals surface area contributed by atoms with Gasteiger partial charge in [-0.25, -0.2) is 0 Å². The fraction of sp³-hybridized carbons (Fsp3) is 0.421. The number of benzene rings is 1. The Hall–Kier alpha value is -2.67. The molecule has 1 aliphatic heterocycles. The average Bonchev–Trinajstić information content (AvgIpc) is 2.63. The van der Waals surface area contributed by atoms with Crippen molar-refractivity contribution in [2.75, 3.05) is 20.1 Å². The number of likely N-dealkylation sites (tertiary alicyclic amines) is 1. The Balaban J connectivity index is 1.75. The van der Waals surface area contributed by atoms with Gasteiger partial charge in [0.1, 0.15) is 6.54 Å². The average molecular weight is 357 g/mol. The first-order valence-corrected chi connectivity index (χ1v) is 8.71. The number of fused-ring (bicyclic) bond motifs is 1. The molecule has 2 aromatic rings. The SMILES string of the molecule is CNC(=O)CC1(O)CCCN(C(=O)Cn2ccc3ccccc3c2=O)C1. The van der Waals surface area contributed by atoms with Crippen molar-refractivity contribution in [3.05, 3.63) is 46.9 Å². The number of aliphatic hydroxyl groups is 1. The minimum Gasteiger partial charge on any atom is -0.388 e. The molecule has 2 amide bonds. The summed E-state index contributed by atoms with van der Waals surface area (Å²) in [5.74, 6) is -0.495. The van der Waals surface area contributed by atoms with E-state index in [1.165, 1.54) is 16.5 Å². The number of β-amino-alcohol motifs (C(OH)–C–C–N with tert-alkyl or cyclic N) is 1. The largest absolute Gasteiger partial charge is 0.388 e. The lowest BCUT2D eigenvalue weighted by atomic mass is 9.89. The number of rotatable bonds is 4. The van der Waals surface area contributed by atoms with Gasteiger partial charge in [-0.05, 0) is 30.4 Å². The summed E-state index contributed by atoms with van der Waals surface area (Å²) in [6, 6.07) is 9.05. The molecule has 0 saturated carbocycles. The van der Waals surface area contributed by atoms with Crippen LogP contribution in [0.2, 0.25) is 0 Å². The van der Waals surface area contributed by atoms with E-state index in [0.717, 1.165) is 5.39 Å². The van der Waals surface area contributed by atoms with E-state index in [1.54, 1.807) is 18.3 Å². The summed E-state index contributed by atoms with van der Waals surface area (Å²) in [5, 5.41) is 14.5. The molecule has 1 unspecified atom stereocenters. The summed E-state index contributed by atoms with van der Waals surface area (Å²) < 4.78 is 1.39. The molecule has 0 bridgehead atoms. The quantitative estimate of drug-likeness (QED) is 0.833. The minimum atomic E-state index is -1.22. The van der Waals surface area contributed by atoms with Gasteiger partial charge in [0.25, 0.3) is 5.56 Å². The van der Waals surface area contributed by atoms with Crippen LogP contribution in [0, 0.1) is 0 Å². The molecule has 2 N–H and O–H groups in total. The van der Waals surface area contributed by atoms with E-state index in [9.17, 15) is 19.5 Å². The van der Waals surface area contributed by atoms with Gasteiger partial charge in [0.15, 0.2) is 0 Å². The Bertz CT molecular complexity index is 892. The molecule has 2 heterocycles. The van der Waals surface area contributed by atoms with Crippen molar-refractivity contribution in [2.24, 2.45) is 0 Å². The van der Waals surface area contributed by atoms with Crippen LogP contribution < -0.4 is 10.9 Å². The van der Waals surface area contributed by atoms with Gasteiger partial charge in [0.2, 0.25) is 11.8 Å². The Kier molecular flexibility index (Phi) is 5.08. The Labute approximate surface area is 151 Å². The van der Waals surface area contributed by atoms with Crippen molar-refractivity contribution in [3.8, 4) is 0 Å². The van der Waals surface area contributed by atoms with Crippen LogP contribution >= 0.6 is 0 Å².